The van der Waals surface area contributed by atoms with Crippen LogP contribution in [0.5, 0.6) is 0 Å². The van der Waals surface area contributed by atoms with Crippen molar-refractivity contribution in [1.82, 2.24) is 0 Å². The van der Waals surface area contributed by atoms with Crippen LogP contribution in [0.15, 0.2) is 0 Å². The van der Waals surface area contributed by atoms with E-state index in [1.54, 1.807) is 0 Å². The van der Waals surface area contributed by atoms with Gasteiger partial charge in [0.05, 0.1) is 6.10 Å². The van der Waals surface area contributed by atoms with Crippen LogP contribution in [0.3, 0.4) is 0 Å². The Hall–Kier alpha value is -0.530. The molecule has 1 aliphatic carbocycles. The van der Waals surface area contributed by atoms with Gasteiger partial charge < -0.3 is 4.74 Å². The second-order valence-corrected chi connectivity index (χ2v) is 4.30. The highest BCUT2D eigenvalue weighted by Gasteiger charge is 2.16. The van der Waals surface area contributed by atoms with Crippen molar-refractivity contribution in [3.63, 3.8) is 0 Å². The Morgan fingerprint density at radius 2 is 1.92 bits per heavy atom. The van der Waals surface area contributed by atoms with E-state index in [1.807, 2.05) is 13.8 Å². The van der Waals surface area contributed by atoms with Gasteiger partial charge in [-0.2, -0.15) is 0 Å². The van der Waals surface area contributed by atoms with E-state index in [9.17, 15) is 0 Å². The van der Waals surface area contributed by atoms with Crippen LogP contribution in [-0.2, 0) is 4.74 Å². The highest BCUT2D eigenvalue weighted by molar-refractivity contribution is 5.72. The first-order valence-corrected chi connectivity index (χ1v) is 5.42. The zero-order chi connectivity index (χ0) is 9.68. The fourth-order valence-electron chi connectivity index (χ4n) is 1.99. The molecule has 1 aliphatic rings. The summed E-state index contributed by atoms with van der Waals surface area (Å²) in [5, 5.41) is 7.63. The molecule has 0 aromatic carbocycles. The Morgan fingerprint density at radius 3 is 2.46 bits per heavy atom. The van der Waals surface area contributed by atoms with Crippen LogP contribution in [0, 0.1) is 11.3 Å². The first kappa shape index (κ1) is 10.6. The number of nitrogens with one attached hydrogen (secondary N) is 1. The standard InChI is InChI=1S/C11H21NO/c1-9(2)13-11(12)8-10-6-4-3-5-7-10/h9-10,12H,3-8H2,1-2H3. The molecule has 2 heteroatoms. The molecule has 13 heavy (non-hydrogen) atoms. The maximum absolute atomic E-state index is 7.63. The summed E-state index contributed by atoms with van der Waals surface area (Å²) in [6.07, 6.45) is 7.69. The van der Waals surface area contributed by atoms with Gasteiger partial charge in [-0.1, -0.05) is 19.3 Å². The molecule has 0 aromatic heterocycles. The fourth-order valence-corrected chi connectivity index (χ4v) is 1.99. The molecular formula is C11H21NO. The first-order valence-electron chi connectivity index (χ1n) is 5.42. The molecule has 0 amide bonds. The number of hydrogen-bond donors (Lipinski definition) is 1. The van der Waals surface area contributed by atoms with Gasteiger partial charge in [0.2, 0.25) is 0 Å². The second-order valence-electron chi connectivity index (χ2n) is 4.30. The highest BCUT2D eigenvalue weighted by Crippen LogP contribution is 2.26. The highest BCUT2D eigenvalue weighted by atomic mass is 16.5. The average Bonchev–Trinajstić information content (AvgIpc) is 2.04. The minimum absolute atomic E-state index is 0.163. The van der Waals surface area contributed by atoms with Gasteiger partial charge >= 0.3 is 0 Å². The van der Waals surface area contributed by atoms with E-state index in [1.165, 1.54) is 32.1 Å². The molecule has 0 aromatic rings. The van der Waals surface area contributed by atoms with Crippen LogP contribution < -0.4 is 0 Å². The van der Waals surface area contributed by atoms with Crippen LogP contribution in [0.2, 0.25) is 0 Å². The summed E-state index contributed by atoms with van der Waals surface area (Å²) in [6.45, 7) is 3.96. The van der Waals surface area contributed by atoms with Crippen molar-refractivity contribution in [2.75, 3.05) is 0 Å². The van der Waals surface area contributed by atoms with Gasteiger partial charge in [0.25, 0.3) is 0 Å². The molecule has 0 heterocycles. The van der Waals surface area contributed by atoms with E-state index in [0.717, 1.165) is 12.3 Å². The molecule has 0 bridgehead atoms. The number of ether oxygens (including phenoxy) is 1. The molecule has 1 fully saturated rings. The molecule has 76 valence electrons. The van der Waals surface area contributed by atoms with Crippen molar-refractivity contribution in [2.45, 2.75) is 58.5 Å². The van der Waals surface area contributed by atoms with Crippen molar-refractivity contribution in [2.24, 2.45) is 5.92 Å². The van der Waals surface area contributed by atoms with Crippen LogP contribution in [0.4, 0.5) is 0 Å². The largest absolute Gasteiger partial charge is 0.478 e. The Morgan fingerprint density at radius 1 is 1.31 bits per heavy atom. The third kappa shape index (κ3) is 4.30. The maximum atomic E-state index is 7.63. The van der Waals surface area contributed by atoms with Crippen molar-refractivity contribution >= 4 is 5.90 Å². The first-order chi connectivity index (χ1) is 6.18. The summed E-state index contributed by atoms with van der Waals surface area (Å²) in [4.78, 5) is 0. The van der Waals surface area contributed by atoms with Crippen molar-refractivity contribution in [1.29, 1.82) is 5.41 Å². The molecular weight excluding hydrogens is 162 g/mol. The van der Waals surface area contributed by atoms with Gasteiger partial charge in [-0.25, -0.2) is 0 Å². The van der Waals surface area contributed by atoms with Crippen molar-refractivity contribution in [3.8, 4) is 0 Å². The van der Waals surface area contributed by atoms with E-state index in [4.69, 9.17) is 10.1 Å². The van der Waals surface area contributed by atoms with Gasteiger partial charge in [0.1, 0.15) is 0 Å². The molecule has 0 atom stereocenters. The SMILES string of the molecule is CC(C)OC(=N)CC1CCCCC1. The Labute approximate surface area is 81.2 Å². The molecule has 2 nitrogen and oxygen atoms in total. The third-order valence-electron chi connectivity index (χ3n) is 2.58. The summed E-state index contributed by atoms with van der Waals surface area (Å²) in [7, 11) is 0. The lowest BCUT2D eigenvalue weighted by Crippen LogP contribution is -2.16. The van der Waals surface area contributed by atoms with Gasteiger partial charge in [0, 0.05) is 6.42 Å². The average molecular weight is 183 g/mol. The lowest BCUT2D eigenvalue weighted by molar-refractivity contribution is 0.209. The lowest BCUT2D eigenvalue weighted by Gasteiger charge is -2.22. The minimum Gasteiger partial charge on any atom is -0.478 e. The van der Waals surface area contributed by atoms with Crippen LogP contribution in [0.25, 0.3) is 0 Å². The minimum atomic E-state index is 0.163. The summed E-state index contributed by atoms with van der Waals surface area (Å²) in [5.41, 5.74) is 0. The van der Waals surface area contributed by atoms with E-state index in [0.29, 0.717) is 5.90 Å². The van der Waals surface area contributed by atoms with Crippen molar-refractivity contribution < 1.29 is 4.74 Å². The van der Waals surface area contributed by atoms with E-state index in [2.05, 4.69) is 0 Å². The van der Waals surface area contributed by atoms with Gasteiger partial charge in [-0.05, 0) is 32.6 Å². The topological polar surface area (TPSA) is 33.1 Å². The van der Waals surface area contributed by atoms with Gasteiger partial charge in [-0.15, -0.1) is 0 Å². The maximum Gasteiger partial charge on any atom is 0.180 e. The Bertz CT molecular complexity index is 159. The van der Waals surface area contributed by atoms with E-state index < -0.39 is 0 Å². The molecule has 0 radical (unpaired) electrons. The summed E-state index contributed by atoms with van der Waals surface area (Å²) < 4.78 is 5.34. The van der Waals surface area contributed by atoms with Crippen LogP contribution in [-0.4, -0.2) is 12.0 Å². The normalized spacial score (nSPS) is 19.0. The van der Waals surface area contributed by atoms with Gasteiger partial charge in [0.15, 0.2) is 5.90 Å². The zero-order valence-corrected chi connectivity index (χ0v) is 8.81. The zero-order valence-electron chi connectivity index (χ0n) is 8.81. The number of hydrogen-bond acceptors (Lipinski definition) is 2. The molecule has 1 rings (SSSR count). The van der Waals surface area contributed by atoms with Crippen LogP contribution >= 0.6 is 0 Å². The van der Waals surface area contributed by atoms with Gasteiger partial charge in [-0.3, -0.25) is 5.41 Å². The molecule has 0 saturated heterocycles. The van der Waals surface area contributed by atoms with Crippen LogP contribution in [0.1, 0.15) is 52.4 Å². The Kier molecular flexibility index (Phi) is 4.26. The third-order valence-corrected chi connectivity index (χ3v) is 2.58. The van der Waals surface area contributed by atoms with Crippen molar-refractivity contribution in [3.05, 3.63) is 0 Å². The monoisotopic (exact) mass is 183 g/mol. The quantitative estimate of drug-likeness (QED) is 0.528. The fraction of sp³-hybridized carbons (Fsp3) is 0.909. The van der Waals surface area contributed by atoms with E-state index in [-0.39, 0.29) is 6.10 Å². The Balaban J connectivity index is 2.18. The molecule has 0 unspecified atom stereocenters. The predicted octanol–water partition coefficient (Wildman–Crippen LogP) is 3.36. The molecule has 0 spiro atoms. The molecule has 1 N–H and O–H groups in total. The summed E-state index contributed by atoms with van der Waals surface area (Å²) in [6, 6.07) is 0. The lowest BCUT2D eigenvalue weighted by atomic mass is 9.87. The smallest absolute Gasteiger partial charge is 0.180 e. The summed E-state index contributed by atoms with van der Waals surface area (Å²) in [5.74, 6) is 1.21. The summed E-state index contributed by atoms with van der Waals surface area (Å²) >= 11 is 0. The molecule has 1 saturated carbocycles. The van der Waals surface area contributed by atoms with E-state index >= 15 is 0 Å². The predicted molar refractivity (Wildman–Crippen MR) is 55.1 cm³/mol. The second kappa shape index (κ2) is 5.25. The number of rotatable bonds is 3. The molecule has 0 aliphatic heterocycles.